The van der Waals surface area contributed by atoms with Gasteiger partial charge in [0.2, 0.25) is 0 Å². The van der Waals surface area contributed by atoms with Gasteiger partial charge in [0.15, 0.2) is 12.2 Å². The molecule has 0 aromatic carbocycles. The molecule has 0 fully saturated rings. The molecule has 0 amide bonds. The van der Waals surface area contributed by atoms with Crippen molar-refractivity contribution in [2.24, 2.45) is 0 Å². The van der Waals surface area contributed by atoms with Crippen LogP contribution in [0.2, 0.25) is 0 Å². The van der Waals surface area contributed by atoms with E-state index in [1.807, 2.05) is 0 Å². The third-order valence-electron chi connectivity index (χ3n) is 16.9. The van der Waals surface area contributed by atoms with Gasteiger partial charge in [0.05, 0.1) is 26.4 Å². The fourth-order valence-electron chi connectivity index (χ4n) is 10.7. The highest BCUT2D eigenvalue weighted by Gasteiger charge is 2.30. The van der Waals surface area contributed by atoms with Crippen molar-refractivity contribution in [3.8, 4) is 0 Å². The van der Waals surface area contributed by atoms with Crippen LogP contribution in [0.25, 0.3) is 0 Å². The molecule has 0 saturated heterocycles. The van der Waals surface area contributed by atoms with E-state index in [1.54, 1.807) is 0 Å². The summed E-state index contributed by atoms with van der Waals surface area (Å²) in [6.07, 6.45) is 75.5. The number of carbonyl (C=O) groups is 4. The zero-order valence-electron chi connectivity index (χ0n) is 63.4. The Morgan fingerprint density at radius 1 is 0.290 bits per heavy atom. The van der Waals surface area contributed by atoms with E-state index >= 15 is 0 Å². The molecule has 0 heterocycles. The van der Waals surface area contributed by atoms with E-state index in [1.165, 1.54) is 109 Å². The van der Waals surface area contributed by atoms with Crippen molar-refractivity contribution in [3.63, 3.8) is 0 Å². The monoisotopic (exact) mass is 1450 g/mol. The van der Waals surface area contributed by atoms with Crippen LogP contribution < -0.4 is 0 Å². The lowest BCUT2D eigenvalue weighted by Crippen LogP contribution is -2.30. The summed E-state index contributed by atoms with van der Waals surface area (Å²) in [4.78, 5) is 73.0. The maximum absolute atomic E-state index is 13.1. The van der Waals surface area contributed by atoms with Crippen molar-refractivity contribution >= 4 is 39.5 Å². The van der Waals surface area contributed by atoms with E-state index in [0.717, 1.165) is 161 Å². The normalized spacial score (nSPS) is 14.3. The van der Waals surface area contributed by atoms with Gasteiger partial charge in [-0.1, -0.05) is 273 Å². The lowest BCUT2D eigenvalue weighted by molar-refractivity contribution is -0.161. The number of unbranched alkanes of at least 4 members (excludes halogenated alkanes) is 37. The van der Waals surface area contributed by atoms with E-state index in [4.69, 9.17) is 37.0 Å². The van der Waals surface area contributed by atoms with Crippen molar-refractivity contribution in [2.45, 2.75) is 367 Å². The Balaban J connectivity index is 5.39. The molecule has 3 N–H and O–H groups in total. The van der Waals surface area contributed by atoms with Crippen LogP contribution in [0.15, 0.2) is 85.1 Å². The second kappa shape index (κ2) is 73.5. The molecule has 0 saturated carbocycles. The first-order valence-electron chi connectivity index (χ1n) is 39.9. The van der Waals surface area contributed by atoms with Crippen LogP contribution in [0, 0.1) is 0 Å². The molecule has 0 aliphatic heterocycles. The molecule has 0 bridgehead atoms. The average Bonchev–Trinajstić information content (AvgIpc) is 1.01. The molecule has 2 unspecified atom stereocenters. The number of aliphatic hydroxyl groups is 1. The van der Waals surface area contributed by atoms with Crippen LogP contribution in [-0.2, 0) is 65.4 Å². The predicted octanol–water partition coefficient (Wildman–Crippen LogP) is 23.0. The number of hydrogen-bond acceptors (Lipinski definition) is 15. The van der Waals surface area contributed by atoms with Crippen molar-refractivity contribution in [1.82, 2.24) is 0 Å². The number of esters is 4. The lowest BCUT2D eigenvalue weighted by atomic mass is 10.1. The first-order chi connectivity index (χ1) is 48.7. The first kappa shape index (κ1) is 96.2. The molecule has 0 radical (unpaired) electrons. The molecular weight excluding hydrogens is 1310 g/mol. The first-order valence-corrected chi connectivity index (χ1v) is 42.9. The minimum Gasteiger partial charge on any atom is -0.462 e. The Bertz CT molecular complexity index is 2230. The molecule has 0 spiro atoms. The predicted molar refractivity (Wildman–Crippen MR) is 409 cm³/mol. The highest BCUT2D eigenvalue weighted by atomic mass is 31.2. The Labute approximate surface area is 608 Å². The highest BCUT2D eigenvalue weighted by molar-refractivity contribution is 7.47. The SMILES string of the molecule is CCCCC/C=C\C/C=C\CCCCCCCC(=O)OC[C@H](COP(=O)(O)OC[C@H](O)COP(=O)(O)OC[C@@H](COC(=O)CCCCCCC/C=C\CCCCCCCC)OC(=O)CCCCCCC/C=C\C=C/CCCCCC)OC(=O)CCCCCCC/C=C\C=C/CCCCCC. The summed E-state index contributed by atoms with van der Waals surface area (Å²) in [7, 11) is -9.96. The minimum atomic E-state index is -4.98. The average molecular weight is 1450 g/mol. The lowest BCUT2D eigenvalue weighted by Gasteiger charge is -2.21. The molecule has 19 heteroatoms. The second-order valence-electron chi connectivity index (χ2n) is 26.7. The number of rotatable bonds is 75. The molecule has 0 rings (SSSR count). The quantitative estimate of drug-likeness (QED) is 0.0128. The third-order valence-corrected chi connectivity index (χ3v) is 18.8. The van der Waals surface area contributed by atoms with Gasteiger partial charge in [0.25, 0.3) is 0 Å². The van der Waals surface area contributed by atoms with Crippen molar-refractivity contribution in [2.75, 3.05) is 39.6 Å². The minimum absolute atomic E-state index is 0.0751. The number of carbonyl (C=O) groups excluding carboxylic acids is 4. The van der Waals surface area contributed by atoms with E-state index in [-0.39, 0.29) is 25.7 Å². The van der Waals surface area contributed by atoms with Gasteiger partial charge in [-0.2, -0.15) is 0 Å². The van der Waals surface area contributed by atoms with Crippen molar-refractivity contribution in [3.05, 3.63) is 85.1 Å². The molecule has 0 aliphatic rings. The topological polar surface area (TPSA) is 237 Å². The third kappa shape index (κ3) is 72.6. The largest absolute Gasteiger partial charge is 0.472 e. The Kier molecular flexibility index (Phi) is 70.8. The smallest absolute Gasteiger partial charge is 0.462 e. The summed E-state index contributed by atoms with van der Waals surface area (Å²) in [5.74, 6) is -2.21. The Morgan fingerprint density at radius 3 is 0.840 bits per heavy atom. The van der Waals surface area contributed by atoms with Crippen LogP contribution in [0.4, 0.5) is 0 Å². The molecular formula is C81H144O17P2. The van der Waals surface area contributed by atoms with Crippen LogP contribution in [0.5, 0.6) is 0 Å². The highest BCUT2D eigenvalue weighted by Crippen LogP contribution is 2.45. The summed E-state index contributed by atoms with van der Waals surface area (Å²) in [5, 5.41) is 10.6. The summed E-state index contributed by atoms with van der Waals surface area (Å²) < 4.78 is 68.6. The molecule has 17 nitrogen and oxygen atoms in total. The maximum Gasteiger partial charge on any atom is 0.472 e. The van der Waals surface area contributed by atoms with E-state index in [2.05, 4.69) is 113 Å². The van der Waals surface area contributed by atoms with E-state index < -0.39 is 97.5 Å². The molecule has 0 aliphatic carbocycles. The van der Waals surface area contributed by atoms with Crippen LogP contribution in [0.3, 0.4) is 0 Å². The van der Waals surface area contributed by atoms with Gasteiger partial charge >= 0.3 is 39.5 Å². The fraction of sp³-hybridized carbons (Fsp3) is 0.778. The molecule has 0 aromatic heterocycles. The second-order valence-corrected chi connectivity index (χ2v) is 29.6. The number of phosphoric ester groups is 2. The van der Waals surface area contributed by atoms with Crippen LogP contribution in [0.1, 0.15) is 349 Å². The van der Waals surface area contributed by atoms with Crippen LogP contribution >= 0.6 is 15.6 Å². The number of aliphatic hydroxyl groups excluding tert-OH is 1. The van der Waals surface area contributed by atoms with Crippen molar-refractivity contribution in [1.29, 1.82) is 0 Å². The van der Waals surface area contributed by atoms with Gasteiger partial charge in [0, 0.05) is 25.7 Å². The molecule has 0 aromatic rings. The van der Waals surface area contributed by atoms with Gasteiger partial charge in [0.1, 0.15) is 19.3 Å². The van der Waals surface area contributed by atoms with Gasteiger partial charge in [-0.05, 0) is 135 Å². The number of ether oxygens (including phenoxy) is 4. The molecule has 5 atom stereocenters. The Hall–Kier alpha value is -3.76. The number of hydrogen-bond donors (Lipinski definition) is 3. The van der Waals surface area contributed by atoms with Crippen molar-refractivity contribution < 1.29 is 80.2 Å². The number of allylic oxidation sites excluding steroid dienone is 14. The van der Waals surface area contributed by atoms with E-state index in [9.17, 15) is 43.2 Å². The van der Waals surface area contributed by atoms with Gasteiger partial charge in [-0.15, -0.1) is 0 Å². The summed E-state index contributed by atoms with van der Waals surface area (Å²) in [5.41, 5.74) is 0. The van der Waals surface area contributed by atoms with E-state index in [0.29, 0.717) is 25.7 Å². The van der Waals surface area contributed by atoms with Gasteiger partial charge in [-0.3, -0.25) is 37.3 Å². The standard InChI is InChI=1S/C81H144O17P2/c1-5-9-13-17-21-25-29-33-37-41-45-49-53-57-61-65-78(83)91-71-76(97-80(85)67-63-59-55-51-47-43-39-35-31-27-23-19-15-11-7-3)73-95-99(87,88)93-69-75(82)70-94-100(89,90)96-74-77(98-81(86)68-64-60-56-52-48-44-40-36-32-28-24-20-16-12-8-4)72-92-79(84)66-62-58-54-50-46-42-38-34-30-26-22-18-14-10-6-2/h21,25,27-28,31-40,75-77,82H,5-20,22-24,26,29-30,41-74H2,1-4H3,(H,87,88)(H,89,90)/b25-21-,31-27-,32-28-,37-33-,38-34-,39-35-,40-36-/t75-,76+,77+/m0/s1. The van der Waals surface area contributed by atoms with Crippen LogP contribution in [-0.4, -0.2) is 96.7 Å². The Morgan fingerprint density at radius 2 is 0.520 bits per heavy atom. The summed E-state index contributed by atoms with van der Waals surface area (Å²) >= 11 is 0. The zero-order valence-corrected chi connectivity index (χ0v) is 65.2. The van der Waals surface area contributed by atoms with Gasteiger partial charge in [-0.25, -0.2) is 9.13 Å². The summed E-state index contributed by atoms with van der Waals surface area (Å²) in [6, 6.07) is 0. The molecule has 100 heavy (non-hydrogen) atoms. The zero-order chi connectivity index (χ0) is 73.2. The van der Waals surface area contributed by atoms with Gasteiger partial charge < -0.3 is 33.8 Å². The fourth-order valence-corrected chi connectivity index (χ4v) is 12.3. The summed E-state index contributed by atoms with van der Waals surface area (Å²) in [6.45, 7) is 4.78. The maximum atomic E-state index is 13.1. The molecule has 580 valence electrons. The number of phosphoric acid groups is 2.